The van der Waals surface area contributed by atoms with Gasteiger partial charge in [-0.05, 0) is 43.2 Å². The Hall–Kier alpha value is -3.27. The van der Waals surface area contributed by atoms with Crippen molar-refractivity contribution in [3.8, 4) is 6.07 Å². The summed E-state index contributed by atoms with van der Waals surface area (Å²) in [5, 5.41) is 13.1. The first-order chi connectivity index (χ1) is 12.3. The van der Waals surface area contributed by atoms with Crippen LogP contribution in [0.1, 0.15) is 40.4 Å². The molecule has 3 aromatic rings. The molecule has 0 bridgehead atoms. The highest BCUT2D eigenvalue weighted by atomic mass is 16.2. The number of aromatic nitrogens is 4. The Labute approximate surface area is 144 Å². The molecule has 1 aliphatic rings. The lowest BCUT2D eigenvalue weighted by Crippen LogP contribution is -2.39. The fourth-order valence-electron chi connectivity index (χ4n) is 3.34. The summed E-state index contributed by atoms with van der Waals surface area (Å²) < 4.78 is 1.75. The minimum atomic E-state index is -0.00178. The van der Waals surface area contributed by atoms with E-state index in [1.165, 1.54) is 6.33 Å². The van der Waals surface area contributed by atoms with Crippen LogP contribution in [0.5, 0.6) is 0 Å². The van der Waals surface area contributed by atoms with E-state index in [9.17, 15) is 4.79 Å². The summed E-state index contributed by atoms with van der Waals surface area (Å²) in [6.07, 6.45) is 5.16. The number of rotatable bonds is 2. The first-order valence-electron chi connectivity index (χ1n) is 8.20. The first-order valence-corrected chi connectivity index (χ1v) is 8.20. The van der Waals surface area contributed by atoms with Crippen LogP contribution in [0.25, 0.3) is 5.78 Å². The molecule has 1 saturated heterocycles. The first kappa shape index (κ1) is 15.3. The van der Waals surface area contributed by atoms with Crippen molar-refractivity contribution in [2.75, 3.05) is 13.1 Å². The van der Waals surface area contributed by atoms with Gasteiger partial charge >= 0.3 is 0 Å². The monoisotopic (exact) mass is 332 g/mol. The van der Waals surface area contributed by atoms with Crippen LogP contribution in [0.4, 0.5) is 0 Å². The highest BCUT2D eigenvalue weighted by Crippen LogP contribution is 2.27. The zero-order chi connectivity index (χ0) is 17.2. The SMILES string of the molecule is N#Cc1ccc(C(=O)N2CCC[C@H](c3ccnc4ncnn34)C2)cc1. The molecule has 1 amide bonds. The molecule has 1 atom stereocenters. The predicted octanol–water partition coefficient (Wildman–Crippen LogP) is 2.02. The third-order valence-corrected chi connectivity index (χ3v) is 4.60. The maximum atomic E-state index is 12.8. The average Bonchev–Trinajstić information content (AvgIpc) is 3.16. The van der Waals surface area contributed by atoms with E-state index < -0.39 is 0 Å². The van der Waals surface area contributed by atoms with Gasteiger partial charge in [0, 0.05) is 30.8 Å². The molecule has 25 heavy (non-hydrogen) atoms. The van der Waals surface area contributed by atoms with Gasteiger partial charge in [0.2, 0.25) is 0 Å². The van der Waals surface area contributed by atoms with E-state index in [4.69, 9.17) is 5.26 Å². The summed E-state index contributed by atoms with van der Waals surface area (Å²) in [5.74, 6) is 0.773. The number of carbonyl (C=O) groups is 1. The van der Waals surface area contributed by atoms with Crippen LogP contribution in [-0.4, -0.2) is 43.5 Å². The van der Waals surface area contributed by atoms with Crippen LogP contribution in [0.3, 0.4) is 0 Å². The number of nitrogens with zero attached hydrogens (tertiary/aromatic N) is 6. The number of carbonyl (C=O) groups excluding carboxylic acids is 1. The zero-order valence-electron chi connectivity index (χ0n) is 13.5. The Morgan fingerprint density at radius 3 is 2.84 bits per heavy atom. The van der Waals surface area contributed by atoms with Gasteiger partial charge in [-0.1, -0.05) is 0 Å². The molecule has 124 valence electrons. The third-order valence-electron chi connectivity index (χ3n) is 4.60. The van der Waals surface area contributed by atoms with Gasteiger partial charge in [0.25, 0.3) is 11.7 Å². The standard InChI is InChI=1S/C18H16N6O/c19-10-13-3-5-14(6-4-13)17(25)23-9-1-2-15(11-23)16-7-8-20-18-21-12-22-24(16)18/h3-8,12,15H,1-2,9,11H2/t15-/m0/s1. The van der Waals surface area contributed by atoms with Crippen LogP contribution >= 0.6 is 0 Å². The molecule has 4 rings (SSSR count). The maximum absolute atomic E-state index is 12.8. The molecule has 0 spiro atoms. The van der Waals surface area contributed by atoms with Crippen molar-refractivity contribution in [1.82, 2.24) is 24.5 Å². The zero-order valence-corrected chi connectivity index (χ0v) is 13.5. The Morgan fingerprint density at radius 1 is 1.20 bits per heavy atom. The van der Waals surface area contributed by atoms with E-state index in [0.29, 0.717) is 23.4 Å². The number of hydrogen-bond acceptors (Lipinski definition) is 5. The lowest BCUT2D eigenvalue weighted by molar-refractivity contribution is 0.0705. The highest BCUT2D eigenvalue weighted by molar-refractivity contribution is 5.94. The number of benzene rings is 1. The molecule has 3 heterocycles. The average molecular weight is 332 g/mol. The van der Waals surface area contributed by atoms with Gasteiger partial charge in [-0.15, -0.1) is 0 Å². The molecular weight excluding hydrogens is 316 g/mol. The molecule has 2 aromatic heterocycles. The van der Waals surface area contributed by atoms with Crippen molar-refractivity contribution < 1.29 is 4.79 Å². The Bertz CT molecular complexity index is 956. The van der Waals surface area contributed by atoms with Crippen molar-refractivity contribution in [1.29, 1.82) is 5.26 Å². The fraction of sp³-hybridized carbons (Fsp3) is 0.278. The number of hydrogen-bond donors (Lipinski definition) is 0. The van der Waals surface area contributed by atoms with Crippen LogP contribution in [0, 0.1) is 11.3 Å². The van der Waals surface area contributed by atoms with E-state index >= 15 is 0 Å². The highest BCUT2D eigenvalue weighted by Gasteiger charge is 2.27. The van der Waals surface area contributed by atoms with Crippen LogP contribution in [-0.2, 0) is 0 Å². The van der Waals surface area contributed by atoms with Crippen molar-refractivity contribution in [2.24, 2.45) is 0 Å². The lowest BCUT2D eigenvalue weighted by atomic mass is 9.94. The minimum Gasteiger partial charge on any atom is -0.338 e. The van der Waals surface area contributed by atoms with E-state index in [1.54, 1.807) is 35.0 Å². The van der Waals surface area contributed by atoms with Gasteiger partial charge in [0.05, 0.1) is 17.3 Å². The van der Waals surface area contributed by atoms with Gasteiger partial charge < -0.3 is 4.90 Å². The molecule has 0 saturated carbocycles. The van der Waals surface area contributed by atoms with Crippen molar-refractivity contribution in [3.63, 3.8) is 0 Å². The number of nitriles is 1. The van der Waals surface area contributed by atoms with Crippen LogP contribution in [0.15, 0.2) is 42.9 Å². The molecule has 1 aromatic carbocycles. The minimum absolute atomic E-state index is 0.00178. The fourth-order valence-corrected chi connectivity index (χ4v) is 3.34. The number of likely N-dealkylation sites (tertiary alicyclic amines) is 1. The van der Waals surface area contributed by atoms with Gasteiger partial charge in [0.15, 0.2) is 0 Å². The smallest absolute Gasteiger partial charge is 0.253 e. The van der Waals surface area contributed by atoms with Gasteiger partial charge in [-0.2, -0.15) is 15.3 Å². The Kier molecular flexibility index (Phi) is 3.86. The largest absolute Gasteiger partial charge is 0.338 e. The Balaban J connectivity index is 1.57. The Morgan fingerprint density at radius 2 is 2.04 bits per heavy atom. The van der Waals surface area contributed by atoms with Crippen molar-refractivity contribution in [3.05, 3.63) is 59.7 Å². The molecule has 0 unspecified atom stereocenters. The summed E-state index contributed by atoms with van der Waals surface area (Å²) in [7, 11) is 0. The third kappa shape index (κ3) is 2.83. The van der Waals surface area contributed by atoms with Gasteiger partial charge in [0.1, 0.15) is 6.33 Å². The van der Waals surface area contributed by atoms with Gasteiger partial charge in [-0.3, -0.25) is 4.79 Å². The molecule has 0 radical (unpaired) electrons. The second kappa shape index (κ2) is 6.32. The molecule has 1 aliphatic heterocycles. The van der Waals surface area contributed by atoms with E-state index in [1.807, 2.05) is 11.0 Å². The summed E-state index contributed by atoms with van der Waals surface area (Å²) >= 11 is 0. The van der Waals surface area contributed by atoms with E-state index in [2.05, 4.69) is 21.1 Å². The maximum Gasteiger partial charge on any atom is 0.253 e. The topological polar surface area (TPSA) is 87.2 Å². The van der Waals surface area contributed by atoms with Crippen molar-refractivity contribution >= 4 is 11.7 Å². The van der Waals surface area contributed by atoms with Crippen LogP contribution in [0.2, 0.25) is 0 Å². The normalized spacial score (nSPS) is 17.4. The lowest BCUT2D eigenvalue weighted by Gasteiger charge is -2.33. The molecular formula is C18H16N6O. The van der Waals surface area contributed by atoms with Crippen LogP contribution < -0.4 is 0 Å². The molecule has 1 fully saturated rings. The molecule has 7 nitrogen and oxygen atoms in total. The second-order valence-corrected chi connectivity index (χ2v) is 6.12. The second-order valence-electron chi connectivity index (χ2n) is 6.12. The molecule has 0 aliphatic carbocycles. The number of fused-ring (bicyclic) bond motifs is 1. The number of amides is 1. The summed E-state index contributed by atoms with van der Waals surface area (Å²) in [4.78, 5) is 23.0. The quantitative estimate of drug-likeness (QED) is 0.716. The number of piperidine rings is 1. The summed E-state index contributed by atoms with van der Waals surface area (Å²) in [5.41, 5.74) is 2.19. The predicted molar refractivity (Wildman–Crippen MR) is 89.8 cm³/mol. The van der Waals surface area contributed by atoms with Crippen molar-refractivity contribution in [2.45, 2.75) is 18.8 Å². The summed E-state index contributed by atoms with van der Waals surface area (Å²) in [6.45, 7) is 1.37. The molecule has 7 heteroatoms. The summed E-state index contributed by atoms with van der Waals surface area (Å²) in [6, 6.07) is 10.8. The van der Waals surface area contributed by atoms with E-state index in [0.717, 1.165) is 25.1 Å². The van der Waals surface area contributed by atoms with E-state index in [-0.39, 0.29) is 11.8 Å². The van der Waals surface area contributed by atoms with Gasteiger partial charge in [-0.25, -0.2) is 9.50 Å². The molecule has 0 N–H and O–H groups in total.